The quantitative estimate of drug-likeness (QED) is 0.280. The van der Waals surface area contributed by atoms with Crippen molar-refractivity contribution in [1.82, 2.24) is 20.8 Å². The standard InChI is InChI=1S/C32H34N4O5/c1-39-32(38)35-30(29(23-11-4-2-5-12-23)24-13-6-3-7-14-24)28(37)18-25-15-9-8-10-22(25)16-17-26-19-33-27(20-40-26)31-36-34-21-41-31/h2-15,21,26-27,29-30,33H,16-20H2,1H3,(H,35,38)/t26-,27+,30-/m1/s1. The van der Waals surface area contributed by atoms with Crippen molar-refractivity contribution in [3.63, 3.8) is 0 Å². The number of morpholine rings is 1. The molecule has 0 radical (unpaired) electrons. The summed E-state index contributed by atoms with van der Waals surface area (Å²) in [6.07, 6.45) is 2.39. The van der Waals surface area contributed by atoms with Gasteiger partial charge in [0.1, 0.15) is 12.1 Å². The molecule has 3 aromatic carbocycles. The van der Waals surface area contributed by atoms with Gasteiger partial charge in [-0.15, -0.1) is 10.2 Å². The Bertz CT molecular complexity index is 1350. The van der Waals surface area contributed by atoms with Gasteiger partial charge in [0, 0.05) is 18.9 Å². The van der Waals surface area contributed by atoms with Crippen LogP contribution in [0.15, 0.2) is 95.7 Å². The van der Waals surface area contributed by atoms with Gasteiger partial charge in [-0.25, -0.2) is 4.79 Å². The van der Waals surface area contributed by atoms with E-state index in [1.807, 2.05) is 78.9 Å². The SMILES string of the molecule is COC(=O)N[C@H](C(=O)Cc1ccccc1CC[C@@H]1CN[C@H](c2nnco2)CO1)C(c1ccccc1)c1ccccc1. The second-order valence-corrected chi connectivity index (χ2v) is 10.1. The molecule has 1 aliphatic rings. The van der Waals surface area contributed by atoms with E-state index in [2.05, 4.69) is 26.9 Å². The number of amides is 1. The maximum Gasteiger partial charge on any atom is 0.407 e. The summed E-state index contributed by atoms with van der Waals surface area (Å²) in [6, 6.07) is 26.5. The van der Waals surface area contributed by atoms with Gasteiger partial charge in [0.2, 0.25) is 12.3 Å². The topological polar surface area (TPSA) is 116 Å². The van der Waals surface area contributed by atoms with Crippen molar-refractivity contribution in [1.29, 1.82) is 0 Å². The van der Waals surface area contributed by atoms with Gasteiger partial charge in [-0.3, -0.25) is 4.79 Å². The minimum atomic E-state index is -0.826. The average molecular weight is 555 g/mol. The maximum atomic E-state index is 14.0. The Morgan fingerprint density at radius 1 is 0.976 bits per heavy atom. The Balaban J connectivity index is 1.31. The number of hydrogen-bond acceptors (Lipinski definition) is 8. The van der Waals surface area contributed by atoms with Crippen molar-refractivity contribution >= 4 is 11.9 Å². The third kappa shape index (κ3) is 7.25. The van der Waals surface area contributed by atoms with E-state index >= 15 is 0 Å². The molecule has 0 spiro atoms. The first-order valence-electron chi connectivity index (χ1n) is 13.8. The molecule has 2 N–H and O–H groups in total. The highest BCUT2D eigenvalue weighted by Crippen LogP contribution is 2.30. The Kier molecular flexibility index (Phi) is 9.51. The summed E-state index contributed by atoms with van der Waals surface area (Å²) in [5.41, 5.74) is 3.88. The summed E-state index contributed by atoms with van der Waals surface area (Å²) >= 11 is 0. The lowest BCUT2D eigenvalue weighted by Gasteiger charge is -2.29. The van der Waals surface area contributed by atoms with Gasteiger partial charge in [0.05, 0.1) is 19.8 Å². The minimum absolute atomic E-state index is 0.0206. The average Bonchev–Trinajstić information content (AvgIpc) is 3.57. The molecular formula is C32H34N4O5. The van der Waals surface area contributed by atoms with Gasteiger partial charge in [-0.1, -0.05) is 84.9 Å². The third-order valence-electron chi connectivity index (χ3n) is 7.44. The summed E-state index contributed by atoms with van der Waals surface area (Å²) in [7, 11) is 1.30. The number of methoxy groups -OCH3 is 1. The lowest BCUT2D eigenvalue weighted by molar-refractivity contribution is -0.120. The normalized spacial score (nSPS) is 17.6. The van der Waals surface area contributed by atoms with Crippen molar-refractivity contribution in [2.75, 3.05) is 20.3 Å². The molecule has 2 heterocycles. The van der Waals surface area contributed by atoms with Crippen LogP contribution in [0.25, 0.3) is 0 Å². The van der Waals surface area contributed by atoms with Gasteiger partial charge >= 0.3 is 6.09 Å². The van der Waals surface area contributed by atoms with Crippen LogP contribution >= 0.6 is 0 Å². The molecule has 5 rings (SSSR count). The maximum absolute atomic E-state index is 14.0. The molecule has 0 unspecified atom stereocenters. The van der Waals surface area contributed by atoms with Crippen molar-refractivity contribution in [2.24, 2.45) is 0 Å². The monoisotopic (exact) mass is 554 g/mol. The van der Waals surface area contributed by atoms with Crippen LogP contribution in [0, 0.1) is 0 Å². The highest BCUT2D eigenvalue weighted by atomic mass is 16.5. The fraction of sp³-hybridized carbons (Fsp3) is 0.312. The third-order valence-corrected chi connectivity index (χ3v) is 7.44. The van der Waals surface area contributed by atoms with E-state index in [0.29, 0.717) is 19.0 Å². The molecule has 3 atom stereocenters. The van der Waals surface area contributed by atoms with Gasteiger partial charge in [-0.2, -0.15) is 0 Å². The summed E-state index contributed by atoms with van der Waals surface area (Å²) in [4.78, 5) is 26.5. The number of rotatable bonds is 11. The predicted octanol–water partition coefficient (Wildman–Crippen LogP) is 4.40. The number of nitrogens with one attached hydrogen (secondary N) is 2. The molecule has 1 aromatic heterocycles. The van der Waals surface area contributed by atoms with E-state index in [1.165, 1.54) is 13.5 Å². The number of ketones is 1. The molecule has 212 valence electrons. The van der Waals surface area contributed by atoms with Crippen LogP contribution in [0.5, 0.6) is 0 Å². The van der Waals surface area contributed by atoms with Gasteiger partial charge in [-0.05, 0) is 35.1 Å². The van der Waals surface area contributed by atoms with Crippen LogP contribution < -0.4 is 10.6 Å². The number of aryl methyl sites for hydroxylation is 1. The van der Waals surface area contributed by atoms with Crippen molar-refractivity contribution in [3.8, 4) is 0 Å². The van der Waals surface area contributed by atoms with Crippen LogP contribution in [-0.4, -0.2) is 54.5 Å². The largest absolute Gasteiger partial charge is 0.453 e. The first-order valence-corrected chi connectivity index (χ1v) is 13.8. The molecule has 1 saturated heterocycles. The first kappa shape index (κ1) is 28.2. The van der Waals surface area contributed by atoms with Gasteiger partial charge < -0.3 is 24.5 Å². The molecular weight excluding hydrogens is 520 g/mol. The van der Waals surface area contributed by atoms with E-state index in [0.717, 1.165) is 35.1 Å². The van der Waals surface area contributed by atoms with E-state index in [9.17, 15) is 9.59 Å². The molecule has 9 heteroatoms. The van der Waals surface area contributed by atoms with Crippen LogP contribution in [0.3, 0.4) is 0 Å². The molecule has 1 amide bonds. The summed E-state index contributed by atoms with van der Waals surface area (Å²) in [5, 5.41) is 14.0. The highest BCUT2D eigenvalue weighted by molar-refractivity contribution is 5.90. The Morgan fingerprint density at radius 2 is 1.63 bits per heavy atom. The van der Waals surface area contributed by atoms with Gasteiger partial charge in [0.25, 0.3) is 0 Å². The van der Waals surface area contributed by atoms with E-state index in [4.69, 9.17) is 13.9 Å². The lowest BCUT2D eigenvalue weighted by atomic mass is 9.81. The number of Topliss-reactive ketones (excluding diaryl/α,β-unsaturated/α-hetero) is 1. The molecule has 0 aliphatic carbocycles. The Morgan fingerprint density at radius 3 is 2.22 bits per heavy atom. The number of hydrogen-bond donors (Lipinski definition) is 2. The molecule has 0 bridgehead atoms. The summed E-state index contributed by atoms with van der Waals surface area (Å²) in [6.45, 7) is 1.11. The number of ether oxygens (including phenoxy) is 2. The second kappa shape index (κ2) is 13.8. The smallest absolute Gasteiger partial charge is 0.407 e. The van der Waals surface area contributed by atoms with Crippen molar-refractivity contribution < 1.29 is 23.5 Å². The molecule has 1 aliphatic heterocycles. The number of carbonyl (C=O) groups excluding carboxylic acids is 2. The molecule has 41 heavy (non-hydrogen) atoms. The second-order valence-electron chi connectivity index (χ2n) is 10.1. The van der Waals surface area contributed by atoms with Crippen LogP contribution in [0.1, 0.15) is 46.5 Å². The summed E-state index contributed by atoms with van der Waals surface area (Å²) < 4.78 is 16.3. The van der Waals surface area contributed by atoms with Crippen LogP contribution in [0.2, 0.25) is 0 Å². The van der Waals surface area contributed by atoms with Gasteiger partial charge in [0.15, 0.2) is 5.78 Å². The van der Waals surface area contributed by atoms with Crippen LogP contribution in [-0.2, 0) is 27.1 Å². The molecule has 0 saturated carbocycles. The fourth-order valence-corrected chi connectivity index (χ4v) is 5.32. The highest BCUT2D eigenvalue weighted by Gasteiger charge is 2.33. The van der Waals surface area contributed by atoms with Crippen molar-refractivity contribution in [3.05, 3.63) is 119 Å². The van der Waals surface area contributed by atoms with Crippen LogP contribution in [0.4, 0.5) is 4.79 Å². The van der Waals surface area contributed by atoms with Crippen molar-refractivity contribution in [2.45, 2.75) is 43.4 Å². The molecule has 9 nitrogen and oxygen atoms in total. The molecule has 4 aromatic rings. The summed E-state index contributed by atoms with van der Waals surface area (Å²) in [5.74, 6) is 0.0370. The Hall–Kier alpha value is -4.34. The number of aromatic nitrogens is 2. The minimum Gasteiger partial charge on any atom is -0.453 e. The zero-order valence-corrected chi connectivity index (χ0v) is 22.9. The Labute approximate surface area is 239 Å². The predicted molar refractivity (Wildman–Crippen MR) is 152 cm³/mol. The van der Waals surface area contributed by atoms with E-state index in [-0.39, 0.29) is 30.3 Å². The lowest BCUT2D eigenvalue weighted by Crippen LogP contribution is -2.46. The number of benzene rings is 3. The zero-order valence-electron chi connectivity index (χ0n) is 22.9. The number of carbonyl (C=O) groups is 2. The molecule has 1 fully saturated rings. The van der Waals surface area contributed by atoms with E-state index < -0.39 is 12.1 Å². The zero-order chi connectivity index (χ0) is 28.4. The first-order chi connectivity index (χ1) is 20.1. The number of alkyl carbamates (subject to hydrolysis) is 1. The fourth-order valence-electron chi connectivity index (χ4n) is 5.32. The number of nitrogens with zero attached hydrogens (tertiary/aromatic N) is 2. The van der Waals surface area contributed by atoms with E-state index in [1.54, 1.807) is 0 Å².